The molecule has 0 saturated heterocycles. The maximum atomic E-state index is 11.6. The lowest BCUT2D eigenvalue weighted by Gasteiger charge is -2.20. The lowest BCUT2D eigenvalue weighted by molar-refractivity contribution is 0.601. The Morgan fingerprint density at radius 1 is 1.08 bits per heavy atom. The highest BCUT2D eigenvalue weighted by atomic mass is 32.2. The fourth-order valence-electron chi connectivity index (χ4n) is 2.74. The van der Waals surface area contributed by atoms with Gasteiger partial charge in [0.25, 0.3) is 0 Å². The Bertz CT molecular complexity index is 839. The molecule has 0 bridgehead atoms. The average molecular weight is 377 g/mol. The highest BCUT2D eigenvalue weighted by Crippen LogP contribution is 2.20. The second-order valence-electron chi connectivity index (χ2n) is 6.28. The first-order valence-corrected chi connectivity index (χ1v) is 10.4. The standard InChI is InChI=1S/C19H24N2O2S2/c1-5-18(15-6-8-17(9-7-15)25(4,22)23)21-19(24)20-16-11-13(2)10-14(3)12-16/h6-12,18H,5H2,1-4H3,(H2,20,21,24). The van der Waals surface area contributed by atoms with E-state index >= 15 is 0 Å². The molecule has 4 nitrogen and oxygen atoms in total. The molecular weight excluding hydrogens is 352 g/mol. The second kappa shape index (κ2) is 7.97. The van der Waals surface area contributed by atoms with Crippen LogP contribution >= 0.6 is 12.2 Å². The Balaban J connectivity index is 2.09. The van der Waals surface area contributed by atoms with Crippen molar-refractivity contribution in [2.45, 2.75) is 38.1 Å². The van der Waals surface area contributed by atoms with Crippen molar-refractivity contribution in [2.75, 3.05) is 11.6 Å². The lowest BCUT2D eigenvalue weighted by atomic mass is 10.1. The van der Waals surface area contributed by atoms with E-state index in [1.165, 1.54) is 17.4 Å². The van der Waals surface area contributed by atoms with Gasteiger partial charge in [0, 0.05) is 11.9 Å². The molecule has 0 heterocycles. The second-order valence-corrected chi connectivity index (χ2v) is 8.70. The zero-order chi connectivity index (χ0) is 18.6. The molecule has 0 fully saturated rings. The van der Waals surface area contributed by atoms with Gasteiger partial charge in [-0.15, -0.1) is 0 Å². The van der Waals surface area contributed by atoms with E-state index in [-0.39, 0.29) is 6.04 Å². The molecule has 134 valence electrons. The smallest absolute Gasteiger partial charge is 0.175 e. The molecule has 2 rings (SSSR count). The van der Waals surface area contributed by atoms with Crippen LogP contribution in [0.1, 0.15) is 36.1 Å². The van der Waals surface area contributed by atoms with E-state index in [0.717, 1.165) is 17.7 Å². The van der Waals surface area contributed by atoms with E-state index in [4.69, 9.17) is 12.2 Å². The van der Waals surface area contributed by atoms with Crippen LogP contribution in [0.15, 0.2) is 47.4 Å². The van der Waals surface area contributed by atoms with Crippen LogP contribution in [0.4, 0.5) is 5.69 Å². The predicted molar refractivity (Wildman–Crippen MR) is 108 cm³/mol. The molecule has 1 unspecified atom stereocenters. The number of rotatable bonds is 5. The van der Waals surface area contributed by atoms with E-state index in [0.29, 0.717) is 10.0 Å². The van der Waals surface area contributed by atoms with Gasteiger partial charge in [0.1, 0.15) is 0 Å². The van der Waals surface area contributed by atoms with Gasteiger partial charge in [-0.25, -0.2) is 8.42 Å². The monoisotopic (exact) mass is 376 g/mol. The van der Waals surface area contributed by atoms with Gasteiger partial charge in [-0.1, -0.05) is 25.1 Å². The van der Waals surface area contributed by atoms with Crippen LogP contribution < -0.4 is 10.6 Å². The minimum atomic E-state index is -3.18. The molecule has 0 aliphatic heterocycles. The van der Waals surface area contributed by atoms with Crippen LogP contribution in [0.2, 0.25) is 0 Å². The fraction of sp³-hybridized carbons (Fsp3) is 0.316. The Morgan fingerprint density at radius 3 is 2.12 bits per heavy atom. The van der Waals surface area contributed by atoms with Crippen LogP contribution in [0.3, 0.4) is 0 Å². The molecule has 2 aromatic carbocycles. The van der Waals surface area contributed by atoms with Gasteiger partial charge in [0.05, 0.1) is 10.9 Å². The van der Waals surface area contributed by atoms with E-state index in [1.807, 2.05) is 38.1 Å². The van der Waals surface area contributed by atoms with Crippen LogP contribution in [0.25, 0.3) is 0 Å². The van der Waals surface area contributed by atoms with Crippen LogP contribution in [-0.2, 0) is 9.84 Å². The van der Waals surface area contributed by atoms with Crippen molar-refractivity contribution < 1.29 is 8.42 Å². The number of benzene rings is 2. The number of sulfone groups is 1. The summed E-state index contributed by atoms with van der Waals surface area (Å²) in [5.41, 5.74) is 4.30. The van der Waals surface area contributed by atoms with Crippen LogP contribution in [0, 0.1) is 13.8 Å². The van der Waals surface area contributed by atoms with E-state index in [2.05, 4.69) is 23.6 Å². The maximum absolute atomic E-state index is 11.6. The van der Waals surface area contributed by atoms with Gasteiger partial charge < -0.3 is 10.6 Å². The summed E-state index contributed by atoms with van der Waals surface area (Å²) in [5, 5.41) is 7.06. The normalized spacial score (nSPS) is 12.5. The summed E-state index contributed by atoms with van der Waals surface area (Å²) in [6, 6.07) is 13.1. The number of nitrogens with one attached hydrogen (secondary N) is 2. The maximum Gasteiger partial charge on any atom is 0.175 e. The first kappa shape index (κ1) is 19.4. The molecular formula is C19H24N2O2S2. The first-order chi connectivity index (χ1) is 11.7. The van der Waals surface area contributed by atoms with E-state index in [1.54, 1.807) is 12.1 Å². The summed E-state index contributed by atoms with van der Waals surface area (Å²) >= 11 is 5.43. The van der Waals surface area contributed by atoms with Gasteiger partial charge in [-0.2, -0.15) is 0 Å². The van der Waals surface area contributed by atoms with Crippen molar-refractivity contribution in [2.24, 2.45) is 0 Å². The van der Waals surface area contributed by atoms with Crippen LogP contribution in [-0.4, -0.2) is 19.8 Å². The molecule has 0 aliphatic rings. The lowest BCUT2D eigenvalue weighted by Crippen LogP contribution is -2.32. The molecule has 6 heteroatoms. The highest BCUT2D eigenvalue weighted by molar-refractivity contribution is 7.90. The Labute approximate surface area is 155 Å². The van der Waals surface area contributed by atoms with E-state index < -0.39 is 9.84 Å². The van der Waals surface area contributed by atoms with Crippen molar-refractivity contribution in [1.29, 1.82) is 0 Å². The fourth-order valence-corrected chi connectivity index (χ4v) is 3.63. The Morgan fingerprint density at radius 2 is 1.64 bits per heavy atom. The molecule has 0 saturated carbocycles. The average Bonchev–Trinajstić information content (AvgIpc) is 2.51. The molecule has 25 heavy (non-hydrogen) atoms. The number of hydrogen-bond acceptors (Lipinski definition) is 3. The minimum absolute atomic E-state index is 0.0134. The molecule has 2 aromatic rings. The summed E-state index contributed by atoms with van der Waals surface area (Å²) in [4.78, 5) is 0.321. The highest BCUT2D eigenvalue weighted by Gasteiger charge is 2.13. The van der Waals surface area contributed by atoms with Crippen molar-refractivity contribution >= 4 is 32.9 Å². The summed E-state index contributed by atoms with van der Waals surface area (Å²) in [5.74, 6) is 0. The van der Waals surface area contributed by atoms with Crippen LogP contribution in [0.5, 0.6) is 0 Å². The largest absolute Gasteiger partial charge is 0.356 e. The third-order valence-electron chi connectivity index (χ3n) is 3.90. The Hall–Kier alpha value is -1.92. The molecule has 0 aromatic heterocycles. The molecule has 0 radical (unpaired) electrons. The summed E-state index contributed by atoms with van der Waals surface area (Å²) in [6.45, 7) is 6.15. The van der Waals surface area contributed by atoms with Crippen molar-refractivity contribution in [3.63, 3.8) is 0 Å². The zero-order valence-corrected chi connectivity index (χ0v) is 16.6. The topological polar surface area (TPSA) is 58.2 Å². The third kappa shape index (κ3) is 5.54. The number of aryl methyl sites for hydroxylation is 2. The van der Waals surface area contributed by atoms with E-state index in [9.17, 15) is 8.42 Å². The third-order valence-corrected chi connectivity index (χ3v) is 5.25. The molecule has 0 spiro atoms. The molecule has 2 N–H and O–H groups in total. The van der Waals surface area contributed by atoms with Gasteiger partial charge in [-0.05, 0) is 73.4 Å². The SMILES string of the molecule is CCC(NC(=S)Nc1cc(C)cc(C)c1)c1ccc(S(C)(=O)=O)cc1. The Kier molecular flexibility index (Phi) is 6.19. The quantitative estimate of drug-likeness (QED) is 0.768. The number of anilines is 1. The summed E-state index contributed by atoms with van der Waals surface area (Å²) in [7, 11) is -3.18. The van der Waals surface area contributed by atoms with Crippen molar-refractivity contribution in [3.05, 3.63) is 59.2 Å². The van der Waals surface area contributed by atoms with Gasteiger partial charge in [0.15, 0.2) is 14.9 Å². The van der Waals surface area contributed by atoms with Gasteiger partial charge >= 0.3 is 0 Å². The molecule has 0 amide bonds. The minimum Gasteiger partial charge on any atom is -0.356 e. The summed E-state index contributed by atoms with van der Waals surface area (Å²) < 4.78 is 23.1. The first-order valence-electron chi connectivity index (χ1n) is 8.15. The number of hydrogen-bond donors (Lipinski definition) is 2. The van der Waals surface area contributed by atoms with Gasteiger partial charge in [0.2, 0.25) is 0 Å². The molecule has 0 aliphatic carbocycles. The number of thiocarbonyl (C=S) groups is 1. The zero-order valence-electron chi connectivity index (χ0n) is 15.0. The summed E-state index contributed by atoms with van der Waals surface area (Å²) in [6.07, 6.45) is 2.04. The van der Waals surface area contributed by atoms with Gasteiger partial charge in [-0.3, -0.25) is 0 Å². The van der Waals surface area contributed by atoms with Crippen molar-refractivity contribution in [1.82, 2.24) is 5.32 Å². The predicted octanol–water partition coefficient (Wildman–Crippen LogP) is 4.14. The van der Waals surface area contributed by atoms with Crippen molar-refractivity contribution in [3.8, 4) is 0 Å². The molecule has 1 atom stereocenters.